The zero-order chi connectivity index (χ0) is 17.6. The molecule has 25 heavy (non-hydrogen) atoms. The van der Waals surface area contributed by atoms with Gasteiger partial charge in [0.1, 0.15) is 0 Å². The van der Waals surface area contributed by atoms with Crippen LogP contribution in [-0.2, 0) is 11.2 Å². The summed E-state index contributed by atoms with van der Waals surface area (Å²) in [6.07, 6.45) is 1.11. The van der Waals surface area contributed by atoms with Gasteiger partial charge < -0.3 is 10.4 Å². The maximum absolute atomic E-state index is 12.3. The van der Waals surface area contributed by atoms with Crippen molar-refractivity contribution in [2.75, 3.05) is 6.61 Å². The van der Waals surface area contributed by atoms with Gasteiger partial charge in [0.05, 0.1) is 12.6 Å². The summed E-state index contributed by atoms with van der Waals surface area (Å²) in [5.41, 5.74) is 3.30. The van der Waals surface area contributed by atoms with Crippen molar-refractivity contribution < 1.29 is 9.90 Å². The maximum Gasteiger partial charge on any atom is 0.220 e. The first-order valence-electron chi connectivity index (χ1n) is 8.61. The fourth-order valence-corrected chi connectivity index (χ4v) is 3.06. The van der Waals surface area contributed by atoms with Gasteiger partial charge in [0.2, 0.25) is 5.91 Å². The van der Waals surface area contributed by atoms with E-state index in [9.17, 15) is 9.90 Å². The van der Waals surface area contributed by atoms with Crippen LogP contribution in [0.2, 0.25) is 0 Å². The molecule has 3 aromatic carbocycles. The summed E-state index contributed by atoms with van der Waals surface area (Å²) >= 11 is 0. The Morgan fingerprint density at radius 3 is 2.48 bits per heavy atom. The van der Waals surface area contributed by atoms with Gasteiger partial charge in [-0.3, -0.25) is 4.79 Å². The molecule has 1 atom stereocenters. The minimum Gasteiger partial charge on any atom is -0.394 e. The highest BCUT2D eigenvalue weighted by molar-refractivity contribution is 5.83. The molecule has 0 spiro atoms. The van der Waals surface area contributed by atoms with E-state index in [0.29, 0.717) is 12.8 Å². The van der Waals surface area contributed by atoms with Crippen molar-refractivity contribution in [3.8, 4) is 0 Å². The summed E-state index contributed by atoms with van der Waals surface area (Å²) in [5.74, 6) is -0.0459. The third-order valence-electron chi connectivity index (χ3n) is 4.58. The predicted octanol–water partition coefficient (Wildman–Crippen LogP) is 3.93. The average molecular weight is 333 g/mol. The number of fused-ring (bicyclic) bond motifs is 1. The zero-order valence-corrected chi connectivity index (χ0v) is 14.4. The number of hydrogen-bond donors (Lipinski definition) is 2. The van der Waals surface area contributed by atoms with Crippen molar-refractivity contribution in [1.82, 2.24) is 5.32 Å². The summed E-state index contributed by atoms with van der Waals surface area (Å²) in [6.45, 7) is 1.94. The third kappa shape index (κ3) is 4.25. The van der Waals surface area contributed by atoms with E-state index >= 15 is 0 Å². The number of hydrogen-bond acceptors (Lipinski definition) is 2. The molecule has 0 aliphatic rings. The van der Waals surface area contributed by atoms with Crippen molar-refractivity contribution in [1.29, 1.82) is 0 Å². The van der Waals surface area contributed by atoms with Gasteiger partial charge in [-0.25, -0.2) is 0 Å². The van der Waals surface area contributed by atoms with Crippen molar-refractivity contribution in [2.45, 2.75) is 25.8 Å². The van der Waals surface area contributed by atoms with Crippen LogP contribution in [0, 0.1) is 6.92 Å². The van der Waals surface area contributed by atoms with E-state index < -0.39 is 0 Å². The number of rotatable bonds is 6. The molecule has 0 unspecified atom stereocenters. The second kappa shape index (κ2) is 7.95. The predicted molar refractivity (Wildman–Crippen MR) is 101 cm³/mol. The summed E-state index contributed by atoms with van der Waals surface area (Å²) in [6, 6.07) is 21.8. The van der Waals surface area contributed by atoms with Crippen LogP contribution in [0.1, 0.15) is 29.2 Å². The van der Waals surface area contributed by atoms with Gasteiger partial charge in [-0.2, -0.15) is 0 Å². The Morgan fingerprint density at radius 2 is 1.72 bits per heavy atom. The van der Waals surface area contributed by atoms with Crippen molar-refractivity contribution in [2.24, 2.45) is 0 Å². The highest BCUT2D eigenvalue weighted by Crippen LogP contribution is 2.20. The lowest BCUT2D eigenvalue weighted by Gasteiger charge is -2.17. The molecule has 0 heterocycles. The maximum atomic E-state index is 12.3. The summed E-state index contributed by atoms with van der Waals surface area (Å²) in [5, 5.41) is 14.9. The molecular formula is C22H23NO2. The Labute approximate surface area is 148 Å². The lowest BCUT2D eigenvalue weighted by molar-refractivity contribution is -0.122. The Hall–Kier alpha value is -2.65. The summed E-state index contributed by atoms with van der Waals surface area (Å²) in [7, 11) is 0. The van der Waals surface area contributed by atoms with E-state index in [1.54, 1.807) is 0 Å². The molecule has 128 valence electrons. The molecule has 0 radical (unpaired) electrons. The van der Waals surface area contributed by atoms with Gasteiger partial charge in [-0.15, -0.1) is 0 Å². The molecule has 0 fully saturated rings. The molecular weight excluding hydrogens is 310 g/mol. The molecule has 3 aromatic rings. The van der Waals surface area contributed by atoms with E-state index in [-0.39, 0.29) is 18.6 Å². The minimum atomic E-state index is -0.381. The van der Waals surface area contributed by atoms with Crippen LogP contribution >= 0.6 is 0 Å². The molecule has 0 aliphatic carbocycles. The standard InChI is InChI=1S/C22H23NO2/c1-16-6-2-3-7-17(16)12-13-22(25)23-21(15-24)20-11-10-18-8-4-5-9-19(18)14-20/h2-11,14,21,24H,12-13,15H2,1H3,(H,23,25)/t21-/m0/s1. The highest BCUT2D eigenvalue weighted by atomic mass is 16.3. The highest BCUT2D eigenvalue weighted by Gasteiger charge is 2.14. The van der Waals surface area contributed by atoms with Crippen LogP contribution in [0.4, 0.5) is 0 Å². The molecule has 0 saturated carbocycles. The number of aryl methyl sites for hydroxylation is 2. The van der Waals surface area contributed by atoms with Crippen LogP contribution in [0.3, 0.4) is 0 Å². The van der Waals surface area contributed by atoms with Gasteiger partial charge in [0.25, 0.3) is 0 Å². The van der Waals surface area contributed by atoms with Crippen LogP contribution in [0.25, 0.3) is 10.8 Å². The first-order valence-corrected chi connectivity index (χ1v) is 8.61. The molecule has 1 amide bonds. The van der Waals surface area contributed by atoms with Crippen LogP contribution in [-0.4, -0.2) is 17.6 Å². The second-order valence-corrected chi connectivity index (χ2v) is 6.34. The van der Waals surface area contributed by atoms with Crippen LogP contribution in [0.5, 0.6) is 0 Å². The van der Waals surface area contributed by atoms with Gasteiger partial charge in [-0.1, -0.05) is 60.7 Å². The normalized spacial score (nSPS) is 12.1. The molecule has 0 aromatic heterocycles. The Kier molecular flexibility index (Phi) is 5.46. The molecule has 0 bridgehead atoms. The largest absolute Gasteiger partial charge is 0.394 e. The average Bonchev–Trinajstić information content (AvgIpc) is 2.65. The van der Waals surface area contributed by atoms with Crippen LogP contribution < -0.4 is 5.32 Å². The van der Waals surface area contributed by atoms with E-state index in [1.165, 1.54) is 11.1 Å². The first kappa shape index (κ1) is 17.2. The van der Waals surface area contributed by atoms with E-state index in [4.69, 9.17) is 0 Å². The summed E-state index contributed by atoms with van der Waals surface area (Å²) < 4.78 is 0. The Balaban J connectivity index is 1.66. The number of benzene rings is 3. The van der Waals surface area contributed by atoms with Crippen molar-refractivity contribution in [3.05, 3.63) is 83.4 Å². The van der Waals surface area contributed by atoms with Crippen molar-refractivity contribution in [3.63, 3.8) is 0 Å². The number of carbonyl (C=O) groups is 1. The molecule has 0 aliphatic heterocycles. The number of aliphatic hydroxyl groups is 1. The number of nitrogens with one attached hydrogen (secondary N) is 1. The third-order valence-corrected chi connectivity index (χ3v) is 4.58. The lowest BCUT2D eigenvalue weighted by atomic mass is 10.0. The zero-order valence-electron chi connectivity index (χ0n) is 14.4. The minimum absolute atomic E-state index is 0.0459. The molecule has 0 saturated heterocycles. The van der Waals surface area contributed by atoms with E-state index in [2.05, 4.69) is 24.4 Å². The molecule has 2 N–H and O–H groups in total. The van der Waals surface area contributed by atoms with Gasteiger partial charge >= 0.3 is 0 Å². The molecule has 3 rings (SSSR count). The Morgan fingerprint density at radius 1 is 1.00 bits per heavy atom. The monoisotopic (exact) mass is 333 g/mol. The number of carbonyl (C=O) groups excluding carboxylic acids is 1. The first-order chi connectivity index (χ1) is 12.2. The fraction of sp³-hybridized carbons (Fsp3) is 0.227. The topological polar surface area (TPSA) is 49.3 Å². The fourth-order valence-electron chi connectivity index (χ4n) is 3.06. The number of amides is 1. The Bertz CT molecular complexity index is 873. The quantitative estimate of drug-likeness (QED) is 0.718. The lowest BCUT2D eigenvalue weighted by Crippen LogP contribution is -2.31. The van der Waals surface area contributed by atoms with Crippen molar-refractivity contribution >= 4 is 16.7 Å². The number of aliphatic hydroxyl groups excluding tert-OH is 1. The van der Waals surface area contributed by atoms with Gasteiger partial charge in [0, 0.05) is 6.42 Å². The van der Waals surface area contributed by atoms with E-state index in [0.717, 1.165) is 16.3 Å². The SMILES string of the molecule is Cc1ccccc1CCC(=O)N[C@@H](CO)c1ccc2ccccc2c1. The second-order valence-electron chi connectivity index (χ2n) is 6.34. The van der Waals surface area contributed by atoms with Gasteiger partial charge in [0.15, 0.2) is 0 Å². The summed E-state index contributed by atoms with van der Waals surface area (Å²) in [4.78, 5) is 12.3. The van der Waals surface area contributed by atoms with Crippen LogP contribution in [0.15, 0.2) is 66.7 Å². The smallest absolute Gasteiger partial charge is 0.220 e. The molecule has 3 heteroatoms. The van der Waals surface area contributed by atoms with E-state index in [1.807, 2.05) is 54.6 Å². The molecule has 3 nitrogen and oxygen atoms in total. The van der Waals surface area contributed by atoms with Gasteiger partial charge in [-0.05, 0) is 46.9 Å².